The number of amides is 1. The topological polar surface area (TPSA) is 35.6 Å². The molecule has 18 heavy (non-hydrogen) atoms. The molecule has 1 fully saturated rings. The minimum absolute atomic E-state index is 0.264. The van der Waals surface area contributed by atoms with Gasteiger partial charge >= 0.3 is 0 Å². The highest BCUT2D eigenvalue weighted by Gasteiger charge is 2.37. The molecule has 0 aromatic rings. The molecule has 1 amide bonds. The van der Waals surface area contributed by atoms with E-state index in [4.69, 9.17) is 0 Å². The smallest absolute Gasteiger partial charge is 0.242 e. The van der Waals surface area contributed by atoms with Crippen LogP contribution in [0.4, 0.5) is 0 Å². The number of nitrogens with one attached hydrogen (secondary N) is 1. The number of likely N-dealkylation sites (N-methyl/N-ethyl adjacent to an activating group) is 1. The van der Waals surface area contributed by atoms with Crippen LogP contribution in [0.3, 0.4) is 0 Å². The Kier molecular flexibility index (Phi) is 5.60. The summed E-state index contributed by atoms with van der Waals surface area (Å²) in [5.41, 5.74) is -0.382. The predicted octanol–water partition coefficient (Wildman–Crippen LogP) is 1.17. The molecular formula is C14H29N3O. The number of hydrogen-bond acceptors (Lipinski definition) is 3. The number of rotatable bonds is 5. The maximum Gasteiger partial charge on any atom is 0.242 e. The molecule has 1 aliphatic heterocycles. The Morgan fingerprint density at radius 1 is 1.33 bits per heavy atom. The molecule has 0 saturated carbocycles. The highest BCUT2D eigenvalue weighted by atomic mass is 16.2. The quantitative estimate of drug-likeness (QED) is 0.801. The minimum atomic E-state index is -0.382. The standard InChI is InChI=1S/C14H29N3O/c1-6-16(11-12(2)3)13(18)14(4,5)17-9-7-15-8-10-17/h12,15H,6-11H2,1-5H3. The fourth-order valence-corrected chi connectivity index (χ4v) is 2.54. The van der Waals surface area contributed by atoms with Gasteiger partial charge in [-0.3, -0.25) is 9.69 Å². The minimum Gasteiger partial charge on any atom is -0.341 e. The molecule has 1 rings (SSSR count). The van der Waals surface area contributed by atoms with Crippen LogP contribution < -0.4 is 5.32 Å². The van der Waals surface area contributed by atoms with Crippen molar-refractivity contribution in [3.63, 3.8) is 0 Å². The molecule has 0 spiro atoms. The van der Waals surface area contributed by atoms with Gasteiger partial charge in [0.05, 0.1) is 5.54 Å². The maximum absolute atomic E-state index is 12.7. The van der Waals surface area contributed by atoms with Gasteiger partial charge in [-0.05, 0) is 26.7 Å². The number of hydrogen-bond donors (Lipinski definition) is 1. The maximum atomic E-state index is 12.7. The van der Waals surface area contributed by atoms with E-state index in [1.54, 1.807) is 0 Å². The Morgan fingerprint density at radius 2 is 1.89 bits per heavy atom. The second-order valence-corrected chi connectivity index (χ2v) is 6.03. The van der Waals surface area contributed by atoms with Crippen molar-refractivity contribution in [1.82, 2.24) is 15.1 Å². The molecule has 4 heteroatoms. The highest BCUT2D eigenvalue weighted by Crippen LogP contribution is 2.19. The van der Waals surface area contributed by atoms with Crippen LogP contribution in [0.1, 0.15) is 34.6 Å². The van der Waals surface area contributed by atoms with E-state index in [0.717, 1.165) is 39.3 Å². The number of carbonyl (C=O) groups excluding carboxylic acids is 1. The van der Waals surface area contributed by atoms with E-state index in [-0.39, 0.29) is 11.4 Å². The molecule has 4 nitrogen and oxygen atoms in total. The third kappa shape index (κ3) is 3.69. The Balaban J connectivity index is 2.71. The van der Waals surface area contributed by atoms with Gasteiger partial charge in [0, 0.05) is 39.3 Å². The molecule has 1 heterocycles. The molecule has 0 radical (unpaired) electrons. The van der Waals surface area contributed by atoms with Crippen LogP contribution in [0.5, 0.6) is 0 Å². The Labute approximate surface area is 112 Å². The normalized spacial score (nSPS) is 18.1. The van der Waals surface area contributed by atoms with Crippen LogP contribution in [-0.2, 0) is 4.79 Å². The first-order valence-electron chi connectivity index (χ1n) is 7.14. The summed E-state index contributed by atoms with van der Waals surface area (Å²) in [7, 11) is 0. The van der Waals surface area contributed by atoms with Gasteiger partial charge < -0.3 is 10.2 Å². The second kappa shape index (κ2) is 6.53. The first kappa shape index (κ1) is 15.4. The third-order valence-electron chi connectivity index (χ3n) is 3.69. The average Bonchev–Trinajstić information content (AvgIpc) is 2.36. The number of nitrogens with zero attached hydrogens (tertiary/aromatic N) is 2. The van der Waals surface area contributed by atoms with Crippen molar-refractivity contribution in [1.29, 1.82) is 0 Å². The number of carbonyl (C=O) groups is 1. The van der Waals surface area contributed by atoms with Gasteiger partial charge in [0.2, 0.25) is 5.91 Å². The summed E-state index contributed by atoms with van der Waals surface area (Å²) >= 11 is 0. The third-order valence-corrected chi connectivity index (χ3v) is 3.69. The molecule has 106 valence electrons. The van der Waals surface area contributed by atoms with Gasteiger partial charge in [-0.2, -0.15) is 0 Å². The van der Waals surface area contributed by atoms with Crippen LogP contribution in [0.2, 0.25) is 0 Å². The fraction of sp³-hybridized carbons (Fsp3) is 0.929. The van der Waals surface area contributed by atoms with Crippen molar-refractivity contribution in [3.05, 3.63) is 0 Å². The molecule has 0 aromatic heterocycles. The van der Waals surface area contributed by atoms with E-state index in [0.29, 0.717) is 5.92 Å². The summed E-state index contributed by atoms with van der Waals surface area (Å²) in [6.07, 6.45) is 0. The zero-order valence-corrected chi connectivity index (χ0v) is 12.6. The SMILES string of the molecule is CCN(CC(C)C)C(=O)C(C)(C)N1CCNCC1. The van der Waals surface area contributed by atoms with Gasteiger partial charge in [0.15, 0.2) is 0 Å². The Morgan fingerprint density at radius 3 is 2.33 bits per heavy atom. The van der Waals surface area contributed by atoms with Crippen molar-refractivity contribution < 1.29 is 4.79 Å². The largest absolute Gasteiger partial charge is 0.341 e. The molecule has 1 N–H and O–H groups in total. The molecule has 0 aliphatic carbocycles. The van der Waals surface area contributed by atoms with E-state index >= 15 is 0 Å². The summed E-state index contributed by atoms with van der Waals surface area (Å²) < 4.78 is 0. The van der Waals surface area contributed by atoms with Gasteiger partial charge in [0.25, 0.3) is 0 Å². The summed E-state index contributed by atoms with van der Waals surface area (Å²) in [5.74, 6) is 0.785. The Hall–Kier alpha value is -0.610. The van der Waals surface area contributed by atoms with Gasteiger partial charge in [-0.25, -0.2) is 0 Å². The Bertz CT molecular complexity index is 270. The monoisotopic (exact) mass is 255 g/mol. The van der Waals surface area contributed by atoms with Crippen LogP contribution in [0.15, 0.2) is 0 Å². The highest BCUT2D eigenvalue weighted by molar-refractivity contribution is 5.85. The first-order chi connectivity index (χ1) is 8.39. The van der Waals surface area contributed by atoms with E-state index in [1.807, 2.05) is 4.90 Å². The average molecular weight is 255 g/mol. The molecule has 0 atom stereocenters. The zero-order valence-electron chi connectivity index (χ0n) is 12.6. The second-order valence-electron chi connectivity index (χ2n) is 6.03. The number of piperazine rings is 1. The van der Waals surface area contributed by atoms with Crippen molar-refractivity contribution in [2.45, 2.75) is 40.2 Å². The lowest BCUT2D eigenvalue weighted by atomic mass is 9.98. The van der Waals surface area contributed by atoms with E-state index in [2.05, 4.69) is 44.8 Å². The van der Waals surface area contributed by atoms with Crippen LogP contribution in [0, 0.1) is 5.92 Å². The van der Waals surface area contributed by atoms with E-state index in [9.17, 15) is 4.79 Å². The van der Waals surface area contributed by atoms with Crippen molar-refractivity contribution >= 4 is 5.91 Å². The predicted molar refractivity (Wildman–Crippen MR) is 75.6 cm³/mol. The van der Waals surface area contributed by atoms with Crippen molar-refractivity contribution in [2.24, 2.45) is 5.92 Å². The lowest BCUT2D eigenvalue weighted by Gasteiger charge is -2.42. The summed E-state index contributed by atoms with van der Waals surface area (Å²) in [6.45, 7) is 16.0. The van der Waals surface area contributed by atoms with Gasteiger partial charge in [-0.15, -0.1) is 0 Å². The summed E-state index contributed by atoms with van der Waals surface area (Å²) in [5, 5.41) is 3.33. The first-order valence-corrected chi connectivity index (χ1v) is 7.14. The van der Waals surface area contributed by atoms with E-state index in [1.165, 1.54) is 0 Å². The van der Waals surface area contributed by atoms with Crippen LogP contribution in [-0.4, -0.2) is 60.5 Å². The van der Waals surface area contributed by atoms with Gasteiger partial charge in [-0.1, -0.05) is 13.8 Å². The molecule has 0 unspecified atom stereocenters. The molecular weight excluding hydrogens is 226 g/mol. The molecule has 1 aliphatic rings. The lowest BCUT2D eigenvalue weighted by Crippen LogP contribution is -2.60. The lowest BCUT2D eigenvalue weighted by molar-refractivity contribution is -0.143. The zero-order chi connectivity index (χ0) is 13.8. The molecule has 1 saturated heterocycles. The van der Waals surface area contributed by atoms with Crippen molar-refractivity contribution in [2.75, 3.05) is 39.3 Å². The molecule has 0 aromatic carbocycles. The summed E-state index contributed by atoms with van der Waals surface area (Å²) in [4.78, 5) is 17.0. The van der Waals surface area contributed by atoms with E-state index < -0.39 is 0 Å². The van der Waals surface area contributed by atoms with Crippen LogP contribution >= 0.6 is 0 Å². The van der Waals surface area contributed by atoms with Crippen molar-refractivity contribution in [3.8, 4) is 0 Å². The fourth-order valence-electron chi connectivity index (χ4n) is 2.54. The molecule has 0 bridgehead atoms. The summed E-state index contributed by atoms with van der Waals surface area (Å²) in [6, 6.07) is 0. The van der Waals surface area contributed by atoms with Crippen LogP contribution in [0.25, 0.3) is 0 Å². The van der Waals surface area contributed by atoms with Gasteiger partial charge in [0.1, 0.15) is 0 Å².